The molecule has 1 unspecified atom stereocenters. The summed E-state index contributed by atoms with van der Waals surface area (Å²) in [5.74, 6) is -14.2. The summed E-state index contributed by atoms with van der Waals surface area (Å²) >= 11 is 5.86. The molecule has 5 nitrogen and oxygen atoms in total. The van der Waals surface area contributed by atoms with Crippen LogP contribution >= 0.6 is 11.6 Å². The maximum absolute atomic E-state index is 13.8. The second-order valence-corrected chi connectivity index (χ2v) is 7.67. The molecular formula is C24H12ClF5O5. The van der Waals surface area contributed by atoms with E-state index in [-0.39, 0.29) is 16.9 Å². The van der Waals surface area contributed by atoms with Crippen LogP contribution in [0.4, 0.5) is 22.0 Å². The van der Waals surface area contributed by atoms with Gasteiger partial charge in [-0.15, -0.1) is 0 Å². The van der Waals surface area contributed by atoms with E-state index in [9.17, 15) is 31.5 Å². The normalized spacial score (nSPS) is 12.0. The summed E-state index contributed by atoms with van der Waals surface area (Å²) in [5, 5.41) is 0.976. The minimum atomic E-state index is -2.36. The number of carbonyl (C=O) groups is 1. The van der Waals surface area contributed by atoms with Crippen LogP contribution in [0.15, 0.2) is 57.7 Å². The number of rotatable bonds is 5. The molecule has 3 aromatic carbocycles. The lowest BCUT2D eigenvalue weighted by molar-refractivity contribution is -0.141. The Labute approximate surface area is 198 Å². The lowest BCUT2D eigenvalue weighted by Gasteiger charge is -2.15. The van der Waals surface area contributed by atoms with Crippen molar-refractivity contribution >= 4 is 28.5 Å². The first kappa shape index (κ1) is 24.2. The fourth-order valence-electron chi connectivity index (χ4n) is 3.10. The van der Waals surface area contributed by atoms with Crippen molar-refractivity contribution in [2.45, 2.75) is 13.0 Å². The summed E-state index contributed by atoms with van der Waals surface area (Å²) in [4.78, 5) is 24.7. The van der Waals surface area contributed by atoms with Crippen LogP contribution in [0.1, 0.15) is 6.92 Å². The molecule has 0 bridgehead atoms. The van der Waals surface area contributed by atoms with Gasteiger partial charge >= 0.3 is 11.6 Å². The first-order chi connectivity index (χ1) is 16.6. The van der Waals surface area contributed by atoms with Gasteiger partial charge in [-0.3, -0.25) is 0 Å². The van der Waals surface area contributed by atoms with E-state index < -0.39 is 52.5 Å². The fourth-order valence-corrected chi connectivity index (χ4v) is 3.22. The molecule has 0 aliphatic rings. The molecule has 0 radical (unpaired) electrons. The summed E-state index contributed by atoms with van der Waals surface area (Å²) in [6, 6.07) is 12.1. The van der Waals surface area contributed by atoms with Crippen LogP contribution in [0, 0.1) is 29.1 Å². The second kappa shape index (κ2) is 9.38. The largest absolute Gasteiger partial charge is 0.473 e. The lowest BCUT2D eigenvalue weighted by atomic mass is 10.1. The van der Waals surface area contributed by atoms with Crippen LogP contribution in [0.25, 0.3) is 22.1 Å². The molecule has 0 N–H and O–H groups in total. The molecule has 180 valence electrons. The Morgan fingerprint density at radius 3 is 2.11 bits per heavy atom. The Balaban J connectivity index is 1.56. The predicted molar refractivity (Wildman–Crippen MR) is 115 cm³/mol. The van der Waals surface area contributed by atoms with E-state index in [2.05, 4.69) is 4.74 Å². The average molecular weight is 511 g/mol. The number of esters is 1. The smallest absolute Gasteiger partial charge is 0.352 e. The van der Waals surface area contributed by atoms with Gasteiger partial charge in [0.1, 0.15) is 11.3 Å². The third kappa shape index (κ3) is 4.69. The van der Waals surface area contributed by atoms with E-state index in [0.29, 0.717) is 16.0 Å². The molecule has 0 spiro atoms. The van der Waals surface area contributed by atoms with E-state index >= 15 is 0 Å². The topological polar surface area (TPSA) is 65.7 Å². The van der Waals surface area contributed by atoms with Crippen molar-refractivity contribution in [2.75, 3.05) is 0 Å². The lowest BCUT2D eigenvalue weighted by Crippen LogP contribution is -2.29. The maximum Gasteiger partial charge on any atom is 0.352 e. The molecule has 35 heavy (non-hydrogen) atoms. The molecule has 0 saturated carbocycles. The quantitative estimate of drug-likeness (QED) is 0.0801. The van der Waals surface area contributed by atoms with Gasteiger partial charge in [0.15, 0.2) is 11.9 Å². The van der Waals surface area contributed by atoms with Crippen LogP contribution in [0.5, 0.6) is 11.5 Å². The monoisotopic (exact) mass is 510 g/mol. The molecule has 0 aliphatic carbocycles. The number of fused-ring (bicyclic) bond motifs is 1. The van der Waals surface area contributed by atoms with Gasteiger partial charge < -0.3 is 13.9 Å². The van der Waals surface area contributed by atoms with Crippen molar-refractivity contribution in [1.82, 2.24) is 0 Å². The standard InChI is InChI=1S/C24H12ClF5O5/c1-10(33-22-20(29)18(27)17(26)19(28)21(22)30)23(31)34-14-7-4-12-8-15(24(32)35-16(12)9-14)11-2-5-13(25)6-3-11/h2-10H,1H3. The molecule has 11 heteroatoms. The Morgan fingerprint density at radius 2 is 1.49 bits per heavy atom. The summed E-state index contributed by atoms with van der Waals surface area (Å²) < 4.78 is 82.4. The summed E-state index contributed by atoms with van der Waals surface area (Å²) in [5.41, 5.74) is 0.223. The zero-order valence-electron chi connectivity index (χ0n) is 17.5. The Hall–Kier alpha value is -3.92. The second-order valence-electron chi connectivity index (χ2n) is 7.23. The average Bonchev–Trinajstić information content (AvgIpc) is 2.84. The van der Waals surface area contributed by atoms with E-state index in [1.54, 1.807) is 30.3 Å². The highest BCUT2D eigenvalue weighted by atomic mass is 35.5. The van der Waals surface area contributed by atoms with Crippen molar-refractivity contribution in [2.24, 2.45) is 0 Å². The first-order valence-electron chi connectivity index (χ1n) is 9.80. The first-order valence-corrected chi connectivity index (χ1v) is 10.2. The number of carbonyl (C=O) groups excluding carboxylic acids is 1. The molecule has 0 amide bonds. The van der Waals surface area contributed by atoms with E-state index in [1.807, 2.05) is 0 Å². The molecule has 4 aromatic rings. The number of benzene rings is 3. The predicted octanol–water partition coefficient (Wildman–Crippen LogP) is 6.18. The Morgan fingerprint density at radius 1 is 0.886 bits per heavy atom. The van der Waals surface area contributed by atoms with Crippen molar-refractivity contribution in [1.29, 1.82) is 0 Å². The van der Waals surface area contributed by atoms with Gasteiger partial charge in [-0.05, 0) is 42.8 Å². The van der Waals surface area contributed by atoms with Crippen molar-refractivity contribution < 1.29 is 40.6 Å². The van der Waals surface area contributed by atoms with E-state index in [4.69, 9.17) is 20.8 Å². The zero-order chi connectivity index (χ0) is 25.4. The van der Waals surface area contributed by atoms with E-state index in [1.165, 1.54) is 18.2 Å². The van der Waals surface area contributed by atoms with Crippen LogP contribution in [0.2, 0.25) is 5.02 Å². The summed E-state index contributed by atoms with van der Waals surface area (Å²) in [7, 11) is 0. The zero-order valence-corrected chi connectivity index (χ0v) is 18.3. The van der Waals surface area contributed by atoms with Crippen LogP contribution in [-0.2, 0) is 4.79 Å². The molecule has 1 heterocycles. The summed E-state index contributed by atoms with van der Waals surface area (Å²) in [6.07, 6.45) is -1.77. The molecular weight excluding hydrogens is 499 g/mol. The number of halogens is 6. The minimum Gasteiger partial charge on any atom is -0.473 e. The van der Waals surface area contributed by atoms with Gasteiger partial charge in [-0.25, -0.2) is 22.8 Å². The highest BCUT2D eigenvalue weighted by molar-refractivity contribution is 6.30. The molecule has 0 aliphatic heterocycles. The SMILES string of the molecule is CC(Oc1c(F)c(F)c(F)c(F)c1F)C(=O)Oc1ccc2cc(-c3ccc(Cl)cc3)c(=O)oc2c1. The maximum atomic E-state index is 13.8. The molecule has 0 fully saturated rings. The van der Waals surface area contributed by atoms with Gasteiger partial charge in [0.2, 0.25) is 29.1 Å². The molecule has 1 atom stereocenters. The fraction of sp³-hybridized carbons (Fsp3) is 0.0833. The van der Waals surface area contributed by atoms with Crippen LogP contribution in [-0.4, -0.2) is 12.1 Å². The van der Waals surface area contributed by atoms with Crippen molar-refractivity contribution in [3.05, 3.63) is 93.1 Å². The highest BCUT2D eigenvalue weighted by Crippen LogP contribution is 2.30. The van der Waals surface area contributed by atoms with Gasteiger partial charge in [0, 0.05) is 16.5 Å². The Bertz CT molecular complexity index is 1490. The van der Waals surface area contributed by atoms with Crippen LogP contribution in [0.3, 0.4) is 0 Å². The summed E-state index contributed by atoms with van der Waals surface area (Å²) in [6.45, 7) is 0.986. The van der Waals surface area contributed by atoms with Gasteiger partial charge in [-0.1, -0.05) is 23.7 Å². The van der Waals surface area contributed by atoms with Gasteiger partial charge in [0.25, 0.3) is 0 Å². The van der Waals surface area contributed by atoms with E-state index in [0.717, 1.165) is 6.92 Å². The van der Waals surface area contributed by atoms with Gasteiger partial charge in [0.05, 0.1) is 5.56 Å². The minimum absolute atomic E-state index is 0.0614. The third-order valence-electron chi connectivity index (χ3n) is 4.88. The number of hydrogen-bond acceptors (Lipinski definition) is 5. The van der Waals surface area contributed by atoms with Gasteiger partial charge in [-0.2, -0.15) is 8.78 Å². The number of ether oxygens (including phenoxy) is 2. The van der Waals surface area contributed by atoms with Crippen molar-refractivity contribution in [3.8, 4) is 22.6 Å². The molecule has 0 saturated heterocycles. The third-order valence-corrected chi connectivity index (χ3v) is 5.13. The van der Waals surface area contributed by atoms with Crippen molar-refractivity contribution in [3.63, 3.8) is 0 Å². The molecule has 1 aromatic heterocycles. The highest BCUT2D eigenvalue weighted by Gasteiger charge is 2.30. The number of hydrogen-bond donors (Lipinski definition) is 0. The van der Waals surface area contributed by atoms with Crippen LogP contribution < -0.4 is 15.1 Å². The molecule has 4 rings (SSSR count). The Kier molecular flexibility index (Phi) is 6.49.